The zero-order valence-electron chi connectivity index (χ0n) is 13.4. The Balaban J connectivity index is 1.59. The first-order chi connectivity index (χ1) is 12.1. The topological polar surface area (TPSA) is 29.1 Å². The lowest BCUT2D eigenvalue weighted by Crippen LogP contribution is -2.27. The molecule has 2 rings (SSSR count). The van der Waals surface area contributed by atoms with Gasteiger partial charge >= 0.3 is 0 Å². The minimum atomic E-state index is -0.337. The van der Waals surface area contributed by atoms with Gasteiger partial charge in [-0.25, -0.2) is 4.39 Å². The van der Waals surface area contributed by atoms with Crippen molar-refractivity contribution in [3.05, 3.63) is 69.5 Å². The molecule has 1 N–H and O–H groups in total. The molecule has 2 aromatic carbocycles. The fourth-order valence-corrected chi connectivity index (χ4v) is 4.37. The molecule has 0 aliphatic rings. The fourth-order valence-electron chi connectivity index (χ4n) is 2.03. The summed E-state index contributed by atoms with van der Waals surface area (Å²) < 4.78 is 13.6. The Hall–Kier alpha value is -0.880. The Labute approximate surface area is 165 Å². The van der Waals surface area contributed by atoms with Crippen LogP contribution in [-0.4, -0.2) is 24.0 Å². The van der Waals surface area contributed by atoms with Gasteiger partial charge in [-0.05, 0) is 23.8 Å². The van der Waals surface area contributed by atoms with Crippen LogP contribution in [0.5, 0.6) is 0 Å². The quantitative estimate of drug-likeness (QED) is 0.552. The molecule has 0 unspecified atom stereocenters. The number of nitrogens with one attached hydrogen (secondary N) is 1. The van der Waals surface area contributed by atoms with E-state index in [1.54, 1.807) is 23.9 Å². The van der Waals surface area contributed by atoms with Gasteiger partial charge in [0, 0.05) is 39.4 Å². The Bertz CT molecular complexity index is 695. The van der Waals surface area contributed by atoms with E-state index in [9.17, 15) is 9.18 Å². The fraction of sp³-hybridized carbons (Fsp3) is 0.278. The summed E-state index contributed by atoms with van der Waals surface area (Å²) in [5.41, 5.74) is 1.54. The lowest BCUT2D eigenvalue weighted by molar-refractivity contribution is -0.118. The van der Waals surface area contributed by atoms with Crippen LogP contribution in [0.2, 0.25) is 10.0 Å². The number of halogens is 3. The third-order valence-corrected chi connectivity index (χ3v) is 6.02. The third kappa shape index (κ3) is 7.10. The number of carbonyl (C=O) groups is 1. The molecule has 0 saturated heterocycles. The molecular formula is C18H18Cl2FNOS2. The summed E-state index contributed by atoms with van der Waals surface area (Å²) in [5.74, 6) is 1.88. The van der Waals surface area contributed by atoms with Gasteiger partial charge in [0.05, 0.1) is 5.75 Å². The first-order valence-electron chi connectivity index (χ1n) is 7.66. The van der Waals surface area contributed by atoms with Crippen molar-refractivity contribution in [2.45, 2.75) is 11.5 Å². The summed E-state index contributed by atoms with van der Waals surface area (Å²) in [7, 11) is 0. The Morgan fingerprint density at radius 3 is 2.52 bits per heavy atom. The Kier molecular flexibility index (Phi) is 8.96. The van der Waals surface area contributed by atoms with Crippen molar-refractivity contribution >= 4 is 52.6 Å². The van der Waals surface area contributed by atoms with Crippen molar-refractivity contribution in [3.63, 3.8) is 0 Å². The Morgan fingerprint density at radius 1 is 1.00 bits per heavy atom. The molecule has 0 bridgehead atoms. The van der Waals surface area contributed by atoms with E-state index in [4.69, 9.17) is 23.2 Å². The number of hydrogen-bond acceptors (Lipinski definition) is 3. The second kappa shape index (κ2) is 11.0. The number of thioether (sulfide) groups is 2. The zero-order chi connectivity index (χ0) is 18.1. The minimum Gasteiger partial charge on any atom is -0.355 e. The SMILES string of the molecule is O=C(CSCc1c(F)cccc1Cl)NCCSCc1ccccc1Cl. The van der Waals surface area contributed by atoms with Gasteiger partial charge in [0.1, 0.15) is 5.82 Å². The molecule has 1 amide bonds. The van der Waals surface area contributed by atoms with Crippen LogP contribution in [0.4, 0.5) is 4.39 Å². The number of hydrogen-bond donors (Lipinski definition) is 1. The number of amides is 1. The van der Waals surface area contributed by atoms with Crippen molar-refractivity contribution in [2.75, 3.05) is 18.1 Å². The van der Waals surface area contributed by atoms with Gasteiger partial charge in [-0.2, -0.15) is 11.8 Å². The van der Waals surface area contributed by atoms with Crippen molar-refractivity contribution < 1.29 is 9.18 Å². The average Bonchev–Trinajstić information content (AvgIpc) is 2.59. The molecule has 0 aliphatic heterocycles. The van der Waals surface area contributed by atoms with Crippen molar-refractivity contribution in [3.8, 4) is 0 Å². The van der Waals surface area contributed by atoms with Crippen LogP contribution in [0, 0.1) is 5.82 Å². The van der Waals surface area contributed by atoms with Crippen LogP contribution in [0.1, 0.15) is 11.1 Å². The van der Waals surface area contributed by atoms with Gasteiger partial charge in [-0.15, -0.1) is 11.8 Å². The molecule has 134 valence electrons. The number of carbonyl (C=O) groups excluding carboxylic acids is 1. The Morgan fingerprint density at radius 2 is 1.76 bits per heavy atom. The standard InChI is InChI=1S/C18H18Cl2FNOS2/c19-15-5-2-1-4-13(15)10-24-9-8-22-18(23)12-25-11-14-16(20)6-3-7-17(14)21/h1-7H,8-12H2,(H,22,23). The summed E-state index contributed by atoms with van der Waals surface area (Å²) in [6, 6.07) is 12.3. The van der Waals surface area contributed by atoms with E-state index >= 15 is 0 Å². The van der Waals surface area contributed by atoms with E-state index in [2.05, 4.69) is 5.32 Å². The van der Waals surface area contributed by atoms with Crippen LogP contribution < -0.4 is 5.32 Å². The lowest BCUT2D eigenvalue weighted by atomic mass is 10.2. The van der Waals surface area contributed by atoms with Gasteiger partial charge in [0.25, 0.3) is 0 Å². The molecule has 0 atom stereocenters. The maximum Gasteiger partial charge on any atom is 0.230 e. The van der Waals surface area contributed by atoms with E-state index in [1.807, 2.05) is 24.3 Å². The third-order valence-electron chi connectivity index (χ3n) is 3.33. The van der Waals surface area contributed by atoms with Gasteiger partial charge in [-0.1, -0.05) is 47.5 Å². The van der Waals surface area contributed by atoms with Crippen molar-refractivity contribution in [1.29, 1.82) is 0 Å². The average molecular weight is 418 g/mol. The molecule has 0 saturated carbocycles. The van der Waals surface area contributed by atoms with E-state index in [0.717, 1.165) is 22.1 Å². The zero-order valence-corrected chi connectivity index (χ0v) is 16.6. The van der Waals surface area contributed by atoms with E-state index in [1.165, 1.54) is 17.8 Å². The summed E-state index contributed by atoms with van der Waals surface area (Å²) in [5, 5.41) is 4.02. The molecule has 2 aromatic rings. The van der Waals surface area contributed by atoms with Crippen LogP contribution in [0.25, 0.3) is 0 Å². The second-order valence-electron chi connectivity index (χ2n) is 5.19. The molecule has 0 radical (unpaired) electrons. The van der Waals surface area contributed by atoms with Crippen LogP contribution in [0.3, 0.4) is 0 Å². The smallest absolute Gasteiger partial charge is 0.230 e. The summed E-state index contributed by atoms with van der Waals surface area (Å²) in [4.78, 5) is 11.8. The maximum absolute atomic E-state index is 13.6. The number of benzene rings is 2. The molecule has 0 fully saturated rings. The second-order valence-corrected chi connectivity index (χ2v) is 8.09. The van der Waals surface area contributed by atoms with Gasteiger partial charge in [0.2, 0.25) is 5.91 Å². The predicted octanol–water partition coefficient (Wildman–Crippen LogP) is 5.42. The molecule has 25 heavy (non-hydrogen) atoms. The molecule has 0 spiro atoms. The monoisotopic (exact) mass is 417 g/mol. The largest absolute Gasteiger partial charge is 0.355 e. The van der Waals surface area contributed by atoms with E-state index in [0.29, 0.717) is 22.9 Å². The minimum absolute atomic E-state index is 0.0594. The highest BCUT2D eigenvalue weighted by atomic mass is 35.5. The van der Waals surface area contributed by atoms with Gasteiger partial charge in [-0.3, -0.25) is 4.79 Å². The van der Waals surface area contributed by atoms with Crippen LogP contribution in [-0.2, 0) is 16.3 Å². The normalized spacial score (nSPS) is 10.7. The summed E-state index contributed by atoms with van der Waals surface area (Å²) >= 11 is 15.1. The first-order valence-corrected chi connectivity index (χ1v) is 10.7. The first kappa shape index (κ1) is 20.4. The molecular weight excluding hydrogens is 400 g/mol. The summed E-state index contributed by atoms with van der Waals surface area (Å²) in [6.45, 7) is 0.592. The lowest BCUT2D eigenvalue weighted by Gasteiger charge is -2.07. The highest BCUT2D eigenvalue weighted by molar-refractivity contribution is 7.99. The summed E-state index contributed by atoms with van der Waals surface area (Å²) in [6.07, 6.45) is 0. The molecule has 7 heteroatoms. The van der Waals surface area contributed by atoms with Crippen LogP contribution >= 0.6 is 46.7 Å². The maximum atomic E-state index is 13.6. The van der Waals surface area contributed by atoms with Crippen molar-refractivity contribution in [2.24, 2.45) is 0 Å². The molecule has 0 aliphatic carbocycles. The van der Waals surface area contributed by atoms with E-state index in [-0.39, 0.29) is 17.5 Å². The van der Waals surface area contributed by atoms with Crippen molar-refractivity contribution in [1.82, 2.24) is 5.32 Å². The number of rotatable bonds is 9. The van der Waals surface area contributed by atoms with E-state index < -0.39 is 0 Å². The van der Waals surface area contributed by atoms with Crippen LogP contribution in [0.15, 0.2) is 42.5 Å². The molecule has 0 aromatic heterocycles. The highest BCUT2D eigenvalue weighted by Crippen LogP contribution is 2.24. The molecule has 2 nitrogen and oxygen atoms in total. The molecule has 0 heterocycles. The predicted molar refractivity (Wildman–Crippen MR) is 108 cm³/mol. The highest BCUT2D eigenvalue weighted by Gasteiger charge is 2.08. The van der Waals surface area contributed by atoms with Gasteiger partial charge < -0.3 is 5.32 Å². The van der Waals surface area contributed by atoms with Gasteiger partial charge in [0.15, 0.2) is 0 Å².